The first-order chi connectivity index (χ1) is 10.1. The summed E-state index contributed by atoms with van der Waals surface area (Å²) in [5.41, 5.74) is 5.52. The third kappa shape index (κ3) is 3.94. The van der Waals surface area contributed by atoms with E-state index in [1.165, 1.54) is 4.68 Å². The van der Waals surface area contributed by atoms with Crippen molar-refractivity contribution in [3.05, 3.63) is 12.3 Å². The number of rotatable bonds is 5. The molecule has 0 radical (unpaired) electrons. The van der Waals surface area contributed by atoms with E-state index in [2.05, 4.69) is 10.4 Å². The van der Waals surface area contributed by atoms with Crippen molar-refractivity contribution in [1.29, 1.82) is 0 Å². The van der Waals surface area contributed by atoms with Gasteiger partial charge in [-0.15, -0.1) is 0 Å². The summed E-state index contributed by atoms with van der Waals surface area (Å²) in [6.07, 6.45) is 2.49. The molecule has 0 spiro atoms. The van der Waals surface area contributed by atoms with Gasteiger partial charge >= 0.3 is 0 Å². The van der Waals surface area contributed by atoms with Gasteiger partial charge in [0.05, 0.1) is 13.2 Å². The SMILES string of the molecule is CCCNC(=O)C1COCCN1C(=O)Cn1ccc(N)n1. The number of ether oxygens (including phenoxy) is 1. The molecular formula is C13H21N5O3. The number of hydrogen-bond acceptors (Lipinski definition) is 5. The largest absolute Gasteiger partial charge is 0.382 e. The Labute approximate surface area is 123 Å². The van der Waals surface area contributed by atoms with Gasteiger partial charge in [0, 0.05) is 19.3 Å². The first-order valence-corrected chi connectivity index (χ1v) is 7.05. The van der Waals surface area contributed by atoms with Gasteiger partial charge in [-0.3, -0.25) is 14.3 Å². The van der Waals surface area contributed by atoms with Gasteiger partial charge in [-0.25, -0.2) is 0 Å². The molecule has 3 N–H and O–H groups in total. The highest BCUT2D eigenvalue weighted by Crippen LogP contribution is 2.09. The number of nitrogens with two attached hydrogens (primary N) is 1. The average molecular weight is 295 g/mol. The third-order valence-electron chi connectivity index (χ3n) is 3.26. The maximum absolute atomic E-state index is 12.4. The summed E-state index contributed by atoms with van der Waals surface area (Å²) < 4.78 is 6.79. The molecule has 116 valence electrons. The maximum atomic E-state index is 12.4. The lowest BCUT2D eigenvalue weighted by molar-refractivity contribution is -0.149. The predicted octanol–water partition coefficient (Wildman–Crippen LogP) is -0.781. The summed E-state index contributed by atoms with van der Waals surface area (Å²) in [5, 5.41) is 6.78. The first kappa shape index (κ1) is 15.3. The number of hydrogen-bond donors (Lipinski definition) is 2. The summed E-state index contributed by atoms with van der Waals surface area (Å²) in [4.78, 5) is 26.0. The minimum Gasteiger partial charge on any atom is -0.382 e. The van der Waals surface area contributed by atoms with E-state index in [-0.39, 0.29) is 25.0 Å². The fourth-order valence-corrected chi connectivity index (χ4v) is 2.18. The number of nitrogens with one attached hydrogen (secondary N) is 1. The number of amides is 2. The van der Waals surface area contributed by atoms with Crippen molar-refractivity contribution in [3.8, 4) is 0 Å². The lowest BCUT2D eigenvalue weighted by atomic mass is 10.2. The van der Waals surface area contributed by atoms with Crippen molar-refractivity contribution in [2.45, 2.75) is 25.9 Å². The van der Waals surface area contributed by atoms with E-state index < -0.39 is 6.04 Å². The quantitative estimate of drug-likeness (QED) is 0.742. The molecule has 1 atom stereocenters. The van der Waals surface area contributed by atoms with E-state index in [1.807, 2.05) is 6.92 Å². The molecule has 8 heteroatoms. The van der Waals surface area contributed by atoms with Crippen molar-refractivity contribution >= 4 is 17.6 Å². The zero-order valence-corrected chi connectivity index (χ0v) is 12.1. The minimum atomic E-state index is -0.578. The third-order valence-corrected chi connectivity index (χ3v) is 3.26. The monoisotopic (exact) mass is 295 g/mol. The Hall–Kier alpha value is -2.09. The van der Waals surface area contributed by atoms with Crippen molar-refractivity contribution in [2.75, 3.05) is 32.0 Å². The van der Waals surface area contributed by atoms with Crippen LogP contribution in [0.25, 0.3) is 0 Å². The Morgan fingerprint density at radius 2 is 2.38 bits per heavy atom. The van der Waals surface area contributed by atoms with Gasteiger partial charge in [0.1, 0.15) is 18.4 Å². The molecule has 0 bridgehead atoms. The van der Waals surface area contributed by atoms with Gasteiger partial charge in [-0.05, 0) is 12.5 Å². The molecule has 1 fully saturated rings. The molecule has 1 aliphatic rings. The number of carbonyl (C=O) groups is 2. The second kappa shape index (κ2) is 7.07. The Morgan fingerprint density at radius 1 is 1.57 bits per heavy atom. The molecule has 1 saturated heterocycles. The van der Waals surface area contributed by atoms with Gasteiger partial charge in [0.2, 0.25) is 11.8 Å². The molecular weight excluding hydrogens is 274 g/mol. The van der Waals surface area contributed by atoms with Gasteiger partial charge in [-0.2, -0.15) is 5.10 Å². The van der Waals surface area contributed by atoms with Crippen molar-refractivity contribution in [2.24, 2.45) is 0 Å². The molecule has 8 nitrogen and oxygen atoms in total. The second-order valence-corrected chi connectivity index (χ2v) is 4.91. The van der Waals surface area contributed by atoms with Crippen molar-refractivity contribution < 1.29 is 14.3 Å². The maximum Gasteiger partial charge on any atom is 0.245 e. The topological polar surface area (TPSA) is 102 Å². The Bertz CT molecular complexity index is 502. The highest BCUT2D eigenvalue weighted by molar-refractivity contribution is 5.87. The number of nitrogen functional groups attached to an aromatic ring is 1. The molecule has 21 heavy (non-hydrogen) atoms. The highest BCUT2D eigenvalue weighted by atomic mass is 16.5. The van der Waals surface area contributed by atoms with E-state index in [9.17, 15) is 9.59 Å². The number of aromatic nitrogens is 2. The smallest absolute Gasteiger partial charge is 0.245 e. The van der Waals surface area contributed by atoms with Crippen LogP contribution in [0.4, 0.5) is 5.82 Å². The minimum absolute atomic E-state index is 0.0642. The first-order valence-electron chi connectivity index (χ1n) is 7.05. The average Bonchev–Trinajstić information content (AvgIpc) is 2.89. The zero-order valence-electron chi connectivity index (χ0n) is 12.1. The van der Waals surface area contributed by atoms with E-state index in [0.29, 0.717) is 25.5 Å². The van der Waals surface area contributed by atoms with E-state index in [0.717, 1.165) is 6.42 Å². The van der Waals surface area contributed by atoms with Crippen LogP contribution in [0.2, 0.25) is 0 Å². The number of carbonyl (C=O) groups excluding carboxylic acids is 2. The van der Waals surface area contributed by atoms with Crippen LogP contribution in [0.3, 0.4) is 0 Å². The van der Waals surface area contributed by atoms with Crippen LogP contribution >= 0.6 is 0 Å². The molecule has 1 unspecified atom stereocenters. The van der Waals surface area contributed by atoms with Crippen LogP contribution in [0, 0.1) is 0 Å². The molecule has 0 aromatic carbocycles. The molecule has 2 heterocycles. The summed E-state index contributed by atoms with van der Waals surface area (Å²) in [6, 6.07) is 1.05. The Kier molecular flexibility index (Phi) is 5.15. The van der Waals surface area contributed by atoms with Crippen LogP contribution < -0.4 is 11.1 Å². The number of morpholine rings is 1. The van der Waals surface area contributed by atoms with Crippen LogP contribution in [0.5, 0.6) is 0 Å². The normalized spacial score (nSPS) is 18.5. The standard InChI is InChI=1S/C13H21N5O3/c1-2-4-15-13(20)10-9-21-7-6-18(10)12(19)8-17-5-3-11(14)16-17/h3,5,10H,2,4,6-9H2,1H3,(H2,14,16)(H,15,20). The highest BCUT2D eigenvalue weighted by Gasteiger charge is 2.32. The molecule has 1 aromatic rings. The van der Waals surface area contributed by atoms with E-state index in [4.69, 9.17) is 10.5 Å². The predicted molar refractivity (Wildman–Crippen MR) is 76.3 cm³/mol. The Morgan fingerprint density at radius 3 is 3.05 bits per heavy atom. The molecule has 0 saturated carbocycles. The van der Waals surface area contributed by atoms with Crippen LogP contribution in [-0.2, 0) is 20.9 Å². The number of anilines is 1. The van der Waals surface area contributed by atoms with Crippen LogP contribution in [0.1, 0.15) is 13.3 Å². The summed E-state index contributed by atoms with van der Waals surface area (Å²) in [7, 11) is 0. The summed E-state index contributed by atoms with van der Waals surface area (Å²) in [5.74, 6) is 0.0185. The molecule has 2 rings (SSSR count). The van der Waals surface area contributed by atoms with Crippen molar-refractivity contribution in [1.82, 2.24) is 20.0 Å². The lowest BCUT2D eigenvalue weighted by Crippen LogP contribution is -2.56. The lowest BCUT2D eigenvalue weighted by Gasteiger charge is -2.34. The fourth-order valence-electron chi connectivity index (χ4n) is 2.18. The second-order valence-electron chi connectivity index (χ2n) is 4.91. The van der Waals surface area contributed by atoms with Gasteiger partial charge < -0.3 is 20.7 Å². The van der Waals surface area contributed by atoms with E-state index >= 15 is 0 Å². The van der Waals surface area contributed by atoms with Crippen LogP contribution in [-0.4, -0.2) is 58.8 Å². The molecule has 1 aromatic heterocycles. The van der Waals surface area contributed by atoms with Gasteiger partial charge in [0.25, 0.3) is 0 Å². The molecule has 2 amide bonds. The van der Waals surface area contributed by atoms with Gasteiger partial charge in [0.15, 0.2) is 0 Å². The summed E-state index contributed by atoms with van der Waals surface area (Å²) >= 11 is 0. The molecule has 1 aliphatic heterocycles. The number of nitrogens with zero attached hydrogens (tertiary/aromatic N) is 3. The molecule has 0 aliphatic carbocycles. The van der Waals surface area contributed by atoms with Crippen molar-refractivity contribution in [3.63, 3.8) is 0 Å². The van der Waals surface area contributed by atoms with E-state index in [1.54, 1.807) is 17.2 Å². The Balaban J connectivity index is 2.00. The summed E-state index contributed by atoms with van der Waals surface area (Å²) in [6.45, 7) is 3.69. The zero-order chi connectivity index (χ0) is 15.2. The fraction of sp³-hybridized carbons (Fsp3) is 0.615. The van der Waals surface area contributed by atoms with Crippen LogP contribution in [0.15, 0.2) is 12.3 Å². The van der Waals surface area contributed by atoms with Gasteiger partial charge in [-0.1, -0.05) is 6.92 Å².